The Balaban J connectivity index is 1.18. The zero-order valence-corrected chi connectivity index (χ0v) is 29.4. The minimum Gasteiger partial charge on any atom is -0.288 e. The maximum Gasteiger partial charge on any atom is 0.0649 e. The summed E-state index contributed by atoms with van der Waals surface area (Å²) in [5.74, 6) is 0. The second kappa shape index (κ2) is 14.0. The summed E-state index contributed by atoms with van der Waals surface area (Å²) in [4.78, 5) is 9.19. The SMILES string of the molecule is C/N=C(\C=C(\c1ccc(-c2cccnc2)cc1)c1cccc(-c2ccc3c4ccccc4c4ccccc4c3c2)c1)c1cccc(-c2ccccc2)c1. The van der Waals surface area contributed by atoms with E-state index in [9.17, 15) is 0 Å². The van der Waals surface area contributed by atoms with E-state index in [1.54, 1.807) is 0 Å². The number of aromatic nitrogens is 1. The summed E-state index contributed by atoms with van der Waals surface area (Å²) in [5, 5.41) is 7.67. The van der Waals surface area contributed by atoms with Crippen molar-refractivity contribution in [3.8, 4) is 33.4 Å². The van der Waals surface area contributed by atoms with Gasteiger partial charge in [0.2, 0.25) is 0 Å². The Labute approximate surface area is 310 Å². The molecule has 0 unspecified atom stereocenters. The van der Waals surface area contributed by atoms with Crippen molar-refractivity contribution in [2.75, 3.05) is 7.05 Å². The summed E-state index contributed by atoms with van der Waals surface area (Å²) >= 11 is 0. The van der Waals surface area contributed by atoms with Gasteiger partial charge in [0.05, 0.1) is 5.71 Å². The predicted molar refractivity (Wildman–Crippen MR) is 225 cm³/mol. The first-order chi connectivity index (χ1) is 26.2. The first-order valence-electron chi connectivity index (χ1n) is 18.0. The first-order valence-corrected chi connectivity index (χ1v) is 18.0. The topological polar surface area (TPSA) is 25.2 Å². The van der Waals surface area contributed by atoms with Gasteiger partial charge in [-0.3, -0.25) is 9.98 Å². The minimum atomic E-state index is 0.920. The fourth-order valence-corrected chi connectivity index (χ4v) is 7.56. The monoisotopic (exact) mass is 676 g/mol. The summed E-state index contributed by atoms with van der Waals surface area (Å²) in [7, 11) is 1.88. The Bertz CT molecular complexity index is 2780. The Morgan fingerprint density at radius 1 is 0.396 bits per heavy atom. The van der Waals surface area contributed by atoms with Crippen molar-refractivity contribution in [1.29, 1.82) is 0 Å². The molecule has 0 atom stereocenters. The number of fused-ring (bicyclic) bond motifs is 6. The fourth-order valence-electron chi connectivity index (χ4n) is 7.56. The third kappa shape index (κ3) is 6.22. The van der Waals surface area contributed by atoms with Crippen molar-refractivity contribution in [3.05, 3.63) is 217 Å². The van der Waals surface area contributed by atoms with Gasteiger partial charge in [-0.2, -0.15) is 0 Å². The molecule has 0 aliphatic rings. The van der Waals surface area contributed by atoms with Crippen LogP contribution in [-0.2, 0) is 0 Å². The van der Waals surface area contributed by atoms with E-state index < -0.39 is 0 Å². The van der Waals surface area contributed by atoms with Gasteiger partial charge >= 0.3 is 0 Å². The van der Waals surface area contributed by atoms with Crippen molar-refractivity contribution in [2.45, 2.75) is 0 Å². The summed E-state index contributed by atoms with van der Waals surface area (Å²) < 4.78 is 0. The van der Waals surface area contributed by atoms with E-state index in [0.29, 0.717) is 0 Å². The molecule has 2 nitrogen and oxygen atoms in total. The minimum absolute atomic E-state index is 0.920. The molecule has 8 aromatic carbocycles. The van der Waals surface area contributed by atoms with Crippen LogP contribution in [0.3, 0.4) is 0 Å². The van der Waals surface area contributed by atoms with E-state index >= 15 is 0 Å². The van der Waals surface area contributed by atoms with Gasteiger partial charge < -0.3 is 0 Å². The van der Waals surface area contributed by atoms with Crippen LogP contribution in [0.4, 0.5) is 0 Å². The van der Waals surface area contributed by atoms with Crippen LogP contribution in [0.25, 0.3) is 71.3 Å². The summed E-state index contributed by atoms with van der Waals surface area (Å²) in [6.07, 6.45) is 5.96. The van der Waals surface area contributed by atoms with Crippen molar-refractivity contribution < 1.29 is 0 Å². The highest BCUT2D eigenvalue weighted by Crippen LogP contribution is 2.38. The molecule has 0 fully saturated rings. The Hall–Kier alpha value is -6.90. The van der Waals surface area contributed by atoms with Crippen molar-refractivity contribution in [2.24, 2.45) is 4.99 Å². The van der Waals surface area contributed by atoms with Crippen LogP contribution in [0, 0.1) is 0 Å². The molecule has 1 heterocycles. The highest BCUT2D eigenvalue weighted by Gasteiger charge is 2.14. The lowest BCUT2D eigenvalue weighted by atomic mass is 9.90. The van der Waals surface area contributed by atoms with Crippen molar-refractivity contribution >= 4 is 43.6 Å². The maximum absolute atomic E-state index is 4.85. The van der Waals surface area contributed by atoms with Crippen LogP contribution >= 0.6 is 0 Å². The molecule has 1 aromatic heterocycles. The molecular weight excluding hydrogens is 641 g/mol. The fraction of sp³-hybridized carbons (Fsp3) is 0.0196. The van der Waals surface area contributed by atoms with Crippen LogP contribution in [-0.4, -0.2) is 17.7 Å². The van der Waals surface area contributed by atoms with E-state index in [-0.39, 0.29) is 0 Å². The number of hydrogen-bond acceptors (Lipinski definition) is 2. The van der Waals surface area contributed by atoms with Crippen LogP contribution in [0.1, 0.15) is 16.7 Å². The van der Waals surface area contributed by atoms with Gasteiger partial charge in [0.15, 0.2) is 0 Å². The molecule has 9 rings (SSSR count). The average molecular weight is 677 g/mol. The number of hydrogen-bond donors (Lipinski definition) is 0. The van der Waals surface area contributed by atoms with E-state index in [1.165, 1.54) is 54.6 Å². The van der Waals surface area contributed by atoms with Gasteiger partial charge in [-0.25, -0.2) is 0 Å². The molecule has 0 bridgehead atoms. The van der Waals surface area contributed by atoms with Gasteiger partial charge in [-0.15, -0.1) is 0 Å². The lowest BCUT2D eigenvalue weighted by molar-refractivity contribution is 1.33. The number of nitrogens with zero attached hydrogens (tertiary/aromatic N) is 2. The molecule has 0 spiro atoms. The second-order valence-electron chi connectivity index (χ2n) is 13.4. The normalized spacial score (nSPS) is 12.1. The second-order valence-corrected chi connectivity index (χ2v) is 13.4. The summed E-state index contributed by atoms with van der Waals surface area (Å²) in [6.45, 7) is 0. The predicted octanol–water partition coefficient (Wildman–Crippen LogP) is 13.1. The quantitative estimate of drug-likeness (QED) is 0.122. The average Bonchev–Trinajstić information content (AvgIpc) is 3.25. The van der Waals surface area contributed by atoms with Gasteiger partial charge in [-0.1, -0.05) is 158 Å². The largest absolute Gasteiger partial charge is 0.288 e. The maximum atomic E-state index is 4.85. The molecule has 0 amide bonds. The summed E-state index contributed by atoms with van der Waals surface area (Å²) in [6, 6.07) is 65.4. The van der Waals surface area contributed by atoms with Crippen molar-refractivity contribution in [3.63, 3.8) is 0 Å². The molecule has 0 saturated carbocycles. The Morgan fingerprint density at radius 3 is 1.57 bits per heavy atom. The molecule has 0 radical (unpaired) electrons. The zero-order valence-electron chi connectivity index (χ0n) is 29.4. The van der Waals surface area contributed by atoms with Crippen LogP contribution in [0.2, 0.25) is 0 Å². The summed E-state index contributed by atoms with van der Waals surface area (Å²) in [5.41, 5.74) is 12.3. The van der Waals surface area contributed by atoms with Crippen LogP contribution < -0.4 is 0 Å². The number of rotatable bonds is 7. The molecule has 9 aromatic rings. The van der Waals surface area contributed by atoms with Crippen LogP contribution in [0.15, 0.2) is 205 Å². The standard InChI is InChI=1S/C51H36N2/c1-52-51(42-17-10-14-38(31-42)35-12-3-2-4-13-35)33-49(37-25-23-36(24-26-37)43-18-11-29-53-34-43)41-16-9-15-39(30-41)40-27-28-48-46-21-6-5-19-44(46)45-20-7-8-22-47(45)50(48)32-40/h2-34H,1H3/b49-33-,52-51+. The van der Waals surface area contributed by atoms with E-state index in [0.717, 1.165) is 39.1 Å². The van der Waals surface area contributed by atoms with Gasteiger partial charge in [-0.05, 0) is 113 Å². The molecule has 250 valence electrons. The number of allylic oxidation sites excluding steroid dienone is 1. The molecule has 0 aliphatic carbocycles. The Morgan fingerprint density at radius 2 is 0.906 bits per heavy atom. The third-order valence-electron chi connectivity index (χ3n) is 10.2. The van der Waals surface area contributed by atoms with Gasteiger partial charge in [0.1, 0.15) is 0 Å². The Kier molecular flexibility index (Phi) is 8.47. The van der Waals surface area contributed by atoms with E-state index in [2.05, 4.69) is 187 Å². The van der Waals surface area contributed by atoms with E-state index in [4.69, 9.17) is 4.99 Å². The number of pyridine rings is 1. The first kappa shape index (κ1) is 32.0. The highest BCUT2D eigenvalue weighted by atomic mass is 14.7. The van der Waals surface area contributed by atoms with Crippen LogP contribution in [0.5, 0.6) is 0 Å². The lowest BCUT2D eigenvalue weighted by Gasteiger charge is -2.15. The lowest BCUT2D eigenvalue weighted by Crippen LogP contribution is -2.00. The molecule has 0 saturated heterocycles. The molecule has 53 heavy (non-hydrogen) atoms. The highest BCUT2D eigenvalue weighted by molar-refractivity contribution is 6.25. The molecule has 2 heteroatoms. The van der Waals surface area contributed by atoms with E-state index in [1.807, 2.05) is 25.5 Å². The molecular formula is C51H36N2. The third-order valence-corrected chi connectivity index (χ3v) is 10.2. The van der Waals surface area contributed by atoms with Gasteiger partial charge in [0, 0.05) is 25.0 Å². The van der Waals surface area contributed by atoms with Gasteiger partial charge in [0.25, 0.3) is 0 Å². The smallest absolute Gasteiger partial charge is 0.0649 e. The molecule has 0 N–H and O–H groups in total. The number of aliphatic imine (C=N–C) groups is 1. The zero-order chi connectivity index (χ0) is 35.6. The van der Waals surface area contributed by atoms with Crippen molar-refractivity contribution in [1.82, 2.24) is 4.98 Å². The number of benzene rings is 8. The molecule has 0 aliphatic heterocycles.